The Hall–Kier alpha value is -1.15. The van der Waals surface area contributed by atoms with Crippen LogP contribution >= 0.6 is 0 Å². The molecule has 1 aromatic rings. The summed E-state index contributed by atoms with van der Waals surface area (Å²) in [5, 5.41) is 0. The Balaban J connectivity index is 2.64. The molecular formula is C14H20O2. The number of aryl methyl sites for hydroxylation is 1. The van der Waals surface area contributed by atoms with Crippen LogP contribution in [-0.2, 0) is 4.74 Å². The van der Waals surface area contributed by atoms with Crippen molar-refractivity contribution in [3.8, 4) is 0 Å². The van der Waals surface area contributed by atoms with Crippen LogP contribution in [0.4, 0.5) is 0 Å². The maximum Gasteiger partial charge on any atom is 0.188 e. The Labute approximate surface area is 97.6 Å². The summed E-state index contributed by atoms with van der Waals surface area (Å²) in [4.78, 5) is 11.9. The smallest absolute Gasteiger partial charge is 0.188 e. The number of Topliss-reactive ketones (excluding diaryl/α,β-unsaturated/α-hetero) is 1. The van der Waals surface area contributed by atoms with Crippen molar-refractivity contribution in [1.29, 1.82) is 0 Å². The van der Waals surface area contributed by atoms with Gasteiger partial charge >= 0.3 is 0 Å². The summed E-state index contributed by atoms with van der Waals surface area (Å²) >= 11 is 0. The fourth-order valence-electron chi connectivity index (χ4n) is 1.33. The molecule has 2 nitrogen and oxygen atoms in total. The number of rotatable bonds is 5. The van der Waals surface area contributed by atoms with Gasteiger partial charge in [-0.3, -0.25) is 4.79 Å². The second kappa shape index (κ2) is 5.26. The number of hydrogen-bond acceptors (Lipinski definition) is 2. The lowest BCUT2D eigenvalue weighted by Gasteiger charge is -2.23. The molecule has 0 radical (unpaired) electrons. The van der Waals surface area contributed by atoms with E-state index in [2.05, 4.69) is 6.92 Å². The Morgan fingerprint density at radius 3 is 2.50 bits per heavy atom. The quantitative estimate of drug-likeness (QED) is 0.711. The van der Waals surface area contributed by atoms with E-state index >= 15 is 0 Å². The zero-order valence-corrected chi connectivity index (χ0v) is 10.5. The van der Waals surface area contributed by atoms with E-state index in [0.29, 0.717) is 0 Å². The van der Waals surface area contributed by atoms with Crippen molar-refractivity contribution < 1.29 is 9.53 Å². The minimum absolute atomic E-state index is 0.0552. The third kappa shape index (κ3) is 3.46. The van der Waals surface area contributed by atoms with Crippen LogP contribution in [0.15, 0.2) is 24.3 Å². The molecule has 0 saturated carbocycles. The van der Waals surface area contributed by atoms with Gasteiger partial charge in [-0.2, -0.15) is 0 Å². The molecule has 0 atom stereocenters. The van der Waals surface area contributed by atoms with E-state index in [4.69, 9.17) is 4.74 Å². The molecule has 0 aliphatic carbocycles. The predicted molar refractivity (Wildman–Crippen MR) is 65.8 cm³/mol. The molecule has 0 heterocycles. The number of ether oxygens (including phenoxy) is 1. The van der Waals surface area contributed by atoms with Crippen LogP contribution in [-0.4, -0.2) is 18.0 Å². The van der Waals surface area contributed by atoms with Crippen molar-refractivity contribution in [2.45, 2.75) is 39.7 Å². The molecule has 1 rings (SSSR count). The second-order valence-corrected chi connectivity index (χ2v) is 4.64. The average Bonchev–Trinajstić information content (AvgIpc) is 2.27. The van der Waals surface area contributed by atoms with Gasteiger partial charge in [-0.1, -0.05) is 31.2 Å². The maximum atomic E-state index is 11.9. The van der Waals surface area contributed by atoms with E-state index in [-0.39, 0.29) is 18.0 Å². The Bertz CT molecular complexity index is 367. The topological polar surface area (TPSA) is 26.3 Å². The molecule has 0 unspecified atom stereocenters. The maximum absolute atomic E-state index is 11.9. The molecular weight excluding hydrogens is 200 g/mol. The number of ketones is 1. The van der Waals surface area contributed by atoms with Crippen LogP contribution in [0.3, 0.4) is 0 Å². The summed E-state index contributed by atoms with van der Waals surface area (Å²) < 4.78 is 5.60. The molecule has 16 heavy (non-hydrogen) atoms. The highest BCUT2D eigenvalue weighted by Gasteiger charge is 2.18. The molecule has 1 aromatic carbocycles. The fourth-order valence-corrected chi connectivity index (χ4v) is 1.33. The molecule has 0 spiro atoms. The molecule has 0 saturated heterocycles. The van der Waals surface area contributed by atoms with Crippen LogP contribution in [0.2, 0.25) is 0 Å². The molecule has 0 bridgehead atoms. The van der Waals surface area contributed by atoms with Crippen molar-refractivity contribution in [1.82, 2.24) is 0 Å². The summed E-state index contributed by atoms with van der Waals surface area (Å²) in [5.41, 5.74) is 1.54. The molecule has 0 fully saturated rings. The third-order valence-corrected chi connectivity index (χ3v) is 2.89. The van der Waals surface area contributed by atoms with Gasteiger partial charge in [0, 0.05) is 5.56 Å². The standard InChI is InChI=1S/C14H20O2/c1-5-14(3,4)16-10-13(15)12-9-7-6-8-11(12)2/h6-9H,5,10H2,1-4H3. The lowest BCUT2D eigenvalue weighted by Crippen LogP contribution is -2.26. The first-order chi connectivity index (χ1) is 7.46. The van der Waals surface area contributed by atoms with Crippen molar-refractivity contribution in [2.75, 3.05) is 6.61 Å². The molecule has 0 aromatic heterocycles. The van der Waals surface area contributed by atoms with E-state index in [1.807, 2.05) is 45.0 Å². The lowest BCUT2D eigenvalue weighted by atomic mass is 10.0. The van der Waals surface area contributed by atoms with Gasteiger partial charge in [0.25, 0.3) is 0 Å². The van der Waals surface area contributed by atoms with Crippen molar-refractivity contribution in [3.63, 3.8) is 0 Å². The van der Waals surface area contributed by atoms with Crippen molar-refractivity contribution >= 4 is 5.78 Å². The van der Waals surface area contributed by atoms with E-state index in [1.165, 1.54) is 0 Å². The van der Waals surface area contributed by atoms with Gasteiger partial charge in [0.2, 0.25) is 0 Å². The van der Waals surface area contributed by atoms with E-state index in [1.54, 1.807) is 0 Å². The first-order valence-corrected chi connectivity index (χ1v) is 5.69. The average molecular weight is 220 g/mol. The molecule has 0 amide bonds. The molecule has 0 N–H and O–H groups in total. The van der Waals surface area contributed by atoms with Crippen LogP contribution in [0.5, 0.6) is 0 Å². The zero-order chi connectivity index (χ0) is 12.2. The highest BCUT2D eigenvalue weighted by atomic mass is 16.5. The van der Waals surface area contributed by atoms with E-state index in [9.17, 15) is 4.79 Å². The van der Waals surface area contributed by atoms with Crippen LogP contribution in [0, 0.1) is 6.92 Å². The summed E-state index contributed by atoms with van der Waals surface area (Å²) in [6.45, 7) is 8.15. The summed E-state index contributed by atoms with van der Waals surface area (Å²) in [5.74, 6) is 0.0552. The Morgan fingerprint density at radius 1 is 1.31 bits per heavy atom. The van der Waals surface area contributed by atoms with Gasteiger partial charge in [-0.25, -0.2) is 0 Å². The number of hydrogen-bond donors (Lipinski definition) is 0. The van der Waals surface area contributed by atoms with Gasteiger partial charge in [0.15, 0.2) is 5.78 Å². The predicted octanol–water partition coefficient (Wildman–Crippen LogP) is 3.38. The summed E-state index contributed by atoms with van der Waals surface area (Å²) in [6.07, 6.45) is 0.897. The van der Waals surface area contributed by atoms with Gasteiger partial charge in [0.05, 0.1) is 5.60 Å². The molecule has 2 heteroatoms. The number of carbonyl (C=O) groups is 1. The summed E-state index contributed by atoms with van der Waals surface area (Å²) in [7, 11) is 0. The van der Waals surface area contributed by atoms with Crippen LogP contribution in [0.25, 0.3) is 0 Å². The number of benzene rings is 1. The highest BCUT2D eigenvalue weighted by Crippen LogP contribution is 2.15. The van der Waals surface area contributed by atoms with Crippen molar-refractivity contribution in [2.24, 2.45) is 0 Å². The molecule has 0 aliphatic heterocycles. The highest BCUT2D eigenvalue weighted by molar-refractivity contribution is 5.98. The second-order valence-electron chi connectivity index (χ2n) is 4.64. The zero-order valence-electron chi connectivity index (χ0n) is 10.5. The van der Waals surface area contributed by atoms with Gasteiger partial charge in [-0.15, -0.1) is 0 Å². The lowest BCUT2D eigenvalue weighted by molar-refractivity contribution is -0.0122. The molecule has 0 aliphatic rings. The van der Waals surface area contributed by atoms with Gasteiger partial charge < -0.3 is 4.74 Å². The normalized spacial score (nSPS) is 11.5. The Morgan fingerprint density at radius 2 is 1.94 bits per heavy atom. The minimum atomic E-state index is -0.224. The van der Waals surface area contributed by atoms with Crippen molar-refractivity contribution in [3.05, 3.63) is 35.4 Å². The van der Waals surface area contributed by atoms with Crippen LogP contribution < -0.4 is 0 Å². The monoisotopic (exact) mass is 220 g/mol. The SMILES string of the molecule is CCC(C)(C)OCC(=O)c1ccccc1C. The first kappa shape index (κ1) is 12.9. The minimum Gasteiger partial charge on any atom is -0.367 e. The third-order valence-electron chi connectivity index (χ3n) is 2.89. The van der Waals surface area contributed by atoms with Gasteiger partial charge in [-0.05, 0) is 32.8 Å². The number of carbonyl (C=O) groups excluding carboxylic acids is 1. The van der Waals surface area contributed by atoms with Gasteiger partial charge in [0.1, 0.15) is 6.61 Å². The van der Waals surface area contributed by atoms with E-state index < -0.39 is 0 Å². The van der Waals surface area contributed by atoms with Crippen LogP contribution in [0.1, 0.15) is 43.1 Å². The summed E-state index contributed by atoms with van der Waals surface area (Å²) in [6, 6.07) is 7.60. The first-order valence-electron chi connectivity index (χ1n) is 5.69. The molecule has 88 valence electrons. The fraction of sp³-hybridized carbons (Fsp3) is 0.500. The Kier molecular flexibility index (Phi) is 4.25. The van der Waals surface area contributed by atoms with E-state index in [0.717, 1.165) is 17.5 Å². The largest absolute Gasteiger partial charge is 0.367 e.